The first kappa shape index (κ1) is 16.1. The Kier molecular flexibility index (Phi) is 4.69. The molecule has 0 unspecified atom stereocenters. The highest BCUT2D eigenvalue weighted by Crippen LogP contribution is 2.45. The van der Waals surface area contributed by atoms with Crippen LogP contribution in [0.2, 0.25) is 0 Å². The van der Waals surface area contributed by atoms with Gasteiger partial charge in [0.05, 0.1) is 0 Å². The highest BCUT2D eigenvalue weighted by Gasteiger charge is 2.59. The van der Waals surface area contributed by atoms with Crippen LogP contribution in [0.4, 0.5) is 0 Å². The minimum Gasteiger partial charge on any atom is -0.481 e. The SMILES string of the molecule is CSCCC(=O)N1C[C@H]2CN(C3CCCC3)C[C@@]2(C(=O)O)C1. The van der Waals surface area contributed by atoms with Crippen LogP contribution in [0.5, 0.6) is 0 Å². The summed E-state index contributed by atoms with van der Waals surface area (Å²) >= 11 is 1.66. The molecule has 3 aliphatic rings. The van der Waals surface area contributed by atoms with Gasteiger partial charge in [-0.25, -0.2) is 0 Å². The molecule has 3 fully saturated rings. The molecular formula is C16H26N2O3S. The number of thioether (sulfide) groups is 1. The van der Waals surface area contributed by atoms with Gasteiger partial charge in [-0.3, -0.25) is 14.5 Å². The minimum absolute atomic E-state index is 0.101. The van der Waals surface area contributed by atoms with Crippen molar-refractivity contribution in [2.45, 2.75) is 38.1 Å². The minimum atomic E-state index is -0.725. The molecule has 5 nitrogen and oxygen atoms in total. The maximum absolute atomic E-state index is 12.2. The van der Waals surface area contributed by atoms with Gasteiger partial charge in [0.2, 0.25) is 5.91 Å². The largest absolute Gasteiger partial charge is 0.481 e. The van der Waals surface area contributed by atoms with Crippen LogP contribution in [0, 0.1) is 11.3 Å². The van der Waals surface area contributed by atoms with Crippen LogP contribution in [0.1, 0.15) is 32.1 Å². The van der Waals surface area contributed by atoms with E-state index in [9.17, 15) is 14.7 Å². The molecule has 0 bridgehead atoms. The zero-order valence-electron chi connectivity index (χ0n) is 13.3. The van der Waals surface area contributed by atoms with E-state index in [0.717, 1.165) is 12.3 Å². The number of rotatable bonds is 5. The maximum Gasteiger partial charge on any atom is 0.313 e. The Morgan fingerprint density at radius 2 is 1.95 bits per heavy atom. The lowest BCUT2D eigenvalue weighted by molar-refractivity contribution is -0.149. The molecule has 6 heteroatoms. The standard InChI is InChI=1S/C16H26N2O3S/c1-22-7-6-14(19)18-9-12-8-17(13-4-2-3-5-13)10-16(12,11-18)15(20)21/h12-13H,2-11H2,1H3,(H,20,21)/t12-,16-/m1/s1. The third-order valence-electron chi connectivity index (χ3n) is 5.78. The lowest BCUT2D eigenvalue weighted by Gasteiger charge is -2.28. The highest BCUT2D eigenvalue weighted by atomic mass is 32.2. The molecule has 1 saturated carbocycles. The van der Waals surface area contributed by atoms with E-state index in [-0.39, 0.29) is 11.8 Å². The molecule has 0 spiro atoms. The summed E-state index contributed by atoms with van der Waals surface area (Å²) in [5.74, 6) is 0.327. The number of hydrogen-bond donors (Lipinski definition) is 1. The molecule has 3 rings (SSSR count). The fraction of sp³-hybridized carbons (Fsp3) is 0.875. The van der Waals surface area contributed by atoms with Crippen LogP contribution in [-0.2, 0) is 9.59 Å². The molecule has 2 atom stereocenters. The Balaban J connectivity index is 1.68. The molecule has 0 aromatic carbocycles. The van der Waals surface area contributed by atoms with Crippen molar-refractivity contribution in [2.75, 3.05) is 38.2 Å². The zero-order valence-corrected chi connectivity index (χ0v) is 14.1. The maximum atomic E-state index is 12.2. The van der Waals surface area contributed by atoms with Gasteiger partial charge in [-0.1, -0.05) is 12.8 Å². The Hall–Kier alpha value is -0.750. The van der Waals surface area contributed by atoms with E-state index in [0.29, 0.717) is 32.1 Å². The summed E-state index contributed by atoms with van der Waals surface area (Å²) < 4.78 is 0. The first-order valence-corrected chi connectivity index (χ1v) is 9.70. The summed E-state index contributed by atoms with van der Waals surface area (Å²) in [6, 6.07) is 0.572. The molecule has 1 aliphatic carbocycles. The number of carbonyl (C=O) groups excluding carboxylic acids is 1. The van der Waals surface area contributed by atoms with E-state index in [1.165, 1.54) is 25.7 Å². The molecule has 0 radical (unpaired) electrons. The lowest BCUT2D eigenvalue weighted by atomic mass is 9.81. The van der Waals surface area contributed by atoms with Crippen molar-refractivity contribution in [3.63, 3.8) is 0 Å². The summed E-state index contributed by atoms with van der Waals surface area (Å²) in [5.41, 5.74) is -0.725. The Morgan fingerprint density at radius 1 is 1.23 bits per heavy atom. The van der Waals surface area contributed by atoms with Gasteiger partial charge >= 0.3 is 5.97 Å². The van der Waals surface area contributed by atoms with Gasteiger partial charge in [-0.15, -0.1) is 0 Å². The fourth-order valence-electron chi connectivity index (χ4n) is 4.49. The van der Waals surface area contributed by atoms with Crippen molar-refractivity contribution in [3.05, 3.63) is 0 Å². The Bertz CT molecular complexity index is 453. The number of aliphatic carboxylic acids is 1. The number of carboxylic acids is 1. The zero-order chi connectivity index (χ0) is 15.7. The molecule has 2 heterocycles. The highest BCUT2D eigenvalue weighted by molar-refractivity contribution is 7.98. The van der Waals surface area contributed by atoms with Gasteiger partial charge < -0.3 is 10.0 Å². The molecule has 1 N–H and O–H groups in total. The van der Waals surface area contributed by atoms with E-state index in [4.69, 9.17) is 0 Å². The number of fused-ring (bicyclic) bond motifs is 1. The molecule has 22 heavy (non-hydrogen) atoms. The fourth-order valence-corrected chi connectivity index (χ4v) is 4.87. The number of hydrogen-bond acceptors (Lipinski definition) is 4. The summed E-state index contributed by atoms with van der Waals surface area (Å²) in [6.07, 6.45) is 7.47. The van der Waals surface area contributed by atoms with Gasteiger partial charge in [0.1, 0.15) is 5.41 Å². The molecule has 0 aromatic heterocycles. The van der Waals surface area contributed by atoms with Gasteiger partial charge in [0.25, 0.3) is 0 Å². The molecule has 2 aliphatic heterocycles. The summed E-state index contributed by atoms with van der Waals surface area (Å²) in [6.45, 7) is 2.51. The first-order valence-electron chi connectivity index (χ1n) is 8.31. The molecule has 2 saturated heterocycles. The van der Waals surface area contributed by atoms with Crippen LogP contribution < -0.4 is 0 Å². The summed E-state index contributed by atoms with van der Waals surface area (Å²) in [4.78, 5) is 28.4. The quantitative estimate of drug-likeness (QED) is 0.830. The van der Waals surface area contributed by atoms with E-state index in [2.05, 4.69) is 4.90 Å². The number of carbonyl (C=O) groups is 2. The van der Waals surface area contributed by atoms with Crippen LogP contribution in [-0.4, -0.2) is 71.0 Å². The smallest absolute Gasteiger partial charge is 0.313 e. The van der Waals surface area contributed by atoms with Gasteiger partial charge in [0.15, 0.2) is 0 Å². The van der Waals surface area contributed by atoms with Gasteiger partial charge in [-0.05, 0) is 19.1 Å². The number of likely N-dealkylation sites (tertiary alicyclic amines) is 2. The van der Waals surface area contributed by atoms with Crippen molar-refractivity contribution in [3.8, 4) is 0 Å². The molecule has 0 aromatic rings. The number of nitrogens with zero attached hydrogens (tertiary/aromatic N) is 2. The predicted octanol–water partition coefficient (Wildman–Crippen LogP) is 1.53. The van der Waals surface area contributed by atoms with Crippen molar-refractivity contribution in [2.24, 2.45) is 11.3 Å². The van der Waals surface area contributed by atoms with Crippen LogP contribution in [0.3, 0.4) is 0 Å². The second kappa shape index (κ2) is 6.40. The Labute approximate surface area is 136 Å². The second-order valence-corrected chi connectivity index (χ2v) is 8.03. The van der Waals surface area contributed by atoms with Crippen LogP contribution in [0.25, 0.3) is 0 Å². The lowest BCUT2D eigenvalue weighted by Crippen LogP contribution is -2.43. The van der Waals surface area contributed by atoms with E-state index >= 15 is 0 Å². The van der Waals surface area contributed by atoms with Gasteiger partial charge in [-0.2, -0.15) is 11.8 Å². The second-order valence-electron chi connectivity index (χ2n) is 7.04. The normalized spacial score (nSPS) is 32.6. The summed E-state index contributed by atoms with van der Waals surface area (Å²) in [7, 11) is 0. The predicted molar refractivity (Wildman–Crippen MR) is 87.0 cm³/mol. The summed E-state index contributed by atoms with van der Waals surface area (Å²) in [5, 5.41) is 9.84. The monoisotopic (exact) mass is 326 g/mol. The van der Waals surface area contributed by atoms with Crippen LogP contribution >= 0.6 is 11.8 Å². The third kappa shape index (κ3) is 2.75. The van der Waals surface area contributed by atoms with Crippen molar-refractivity contribution < 1.29 is 14.7 Å². The molecular weight excluding hydrogens is 300 g/mol. The van der Waals surface area contributed by atoms with E-state index in [1.807, 2.05) is 6.26 Å². The van der Waals surface area contributed by atoms with Gasteiger partial charge in [0, 0.05) is 50.3 Å². The van der Waals surface area contributed by atoms with Crippen molar-refractivity contribution >= 4 is 23.6 Å². The average molecular weight is 326 g/mol. The van der Waals surface area contributed by atoms with E-state index < -0.39 is 11.4 Å². The van der Waals surface area contributed by atoms with Crippen LogP contribution in [0.15, 0.2) is 0 Å². The average Bonchev–Trinajstić information content (AvgIpc) is 3.16. The molecule has 1 amide bonds. The number of amides is 1. The molecule has 124 valence electrons. The third-order valence-corrected chi connectivity index (χ3v) is 6.39. The van der Waals surface area contributed by atoms with Crippen molar-refractivity contribution in [1.82, 2.24) is 9.80 Å². The van der Waals surface area contributed by atoms with Crippen molar-refractivity contribution in [1.29, 1.82) is 0 Å². The first-order chi connectivity index (χ1) is 10.6. The number of carboxylic acid groups (broad SMARTS) is 1. The Morgan fingerprint density at radius 3 is 2.55 bits per heavy atom. The topological polar surface area (TPSA) is 60.9 Å². The van der Waals surface area contributed by atoms with E-state index in [1.54, 1.807) is 16.7 Å².